The lowest BCUT2D eigenvalue weighted by Gasteiger charge is -2.25. The van der Waals surface area contributed by atoms with Crippen molar-refractivity contribution in [1.82, 2.24) is 5.01 Å². The van der Waals surface area contributed by atoms with Gasteiger partial charge in [0.25, 0.3) is 10.0 Å². The molecular formula is C19H22BN3O5S. The van der Waals surface area contributed by atoms with Crippen LogP contribution >= 0.6 is 0 Å². The lowest BCUT2D eigenvalue weighted by Crippen LogP contribution is -2.34. The molecule has 1 aliphatic rings. The molecule has 0 aromatic heterocycles. The Hall–Kier alpha value is -2.69. The zero-order chi connectivity index (χ0) is 21.2. The Morgan fingerprint density at radius 2 is 2.00 bits per heavy atom. The second-order valence-corrected chi connectivity index (χ2v) is 8.18. The summed E-state index contributed by atoms with van der Waals surface area (Å²) in [6.07, 6.45) is 2.27. The molecule has 0 aliphatic carbocycles. The molecule has 152 valence electrons. The van der Waals surface area contributed by atoms with Crippen LogP contribution in [0.25, 0.3) is 0 Å². The summed E-state index contributed by atoms with van der Waals surface area (Å²) in [5, 5.41) is 24.9. The van der Waals surface area contributed by atoms with Gasteiger partial charge in [0.1, 0.15) is 10.6 Å². The average Bonchev–Trinajstić information content (AvgIpc) is 2.98. The quantitative estimate of drug-likeness (QED) is 0.413. The van der Waals surface area contributed by atoms with Gasteiger partial charge in [0.15, 0.2) is 5.84 Å². The second kappa shape index (κ2) is 8.36. The van der Waals surface area contributed by atoms with Crippen LogP contribution in [0, 0.1) is 0 Å². The molecule has 0 amide bonds. The fourth-order valence-corrected chi connectivity index (χ4v) is 4.15. The summed E-state index contributed by atoms with van der Waals surface area (Å²) < 4.78 is 34.0. The number of nitrogens with zero attached hydrogens (tertiary/aromatic N) is 3. The van der Waals surface area contributed by atoms with Gasteiger partial charge in [-0.25, -0.2) is 5.01 Å². The standard InChI is InChI=1S/C19H22BN3O5S/c1-4-13(2)23(19-15-7-5-6-8-18(15)29(26,27)22-19)21-12-14-9-10-16(20(24)25)17(11-14)28-3/h5-13,24-25H,4H2,1-3H3/b21-12+. The molecule has 2 N–H and O–H groups in total. The topological polar surface area (TPSA) is 112 Å². The zero-order valence-corrected chi connectivity index (χ0v) is 17.2. The van der Waals surface area contributed by atoms with E-state index in [-0.39, 0.29) is 22.2 Å². The van der Waals surface area contributed by atoms with E-state index in [4.69, 9.17) is 4.74 Å². The van der Waals surface area contributed by atoms with Crippen molar-refractivity contribution in [2.24, 2.45) is 9.50 Å². The first-order valence-corrected chi connectivity index (χ1v) is 10.5. The highest BCUT2D eigenvalue weighted by Gasteiger charge is 2.33. The Morgan fingerprint density at radius 1 is 1.28 bits per heavy atom. The predicted molar refractivity (Wildman–Crippen MR) is 112 cm³/mol. The molecule has 29 heavy (non-hydrogen) atoms. The molecular weight excluding hydrogens is 393 g/mol. The summed E-state index contributed by atoms with van der Waals surface area (Å²) in [6, 6.07) is 11.4. The molecule has 1 heterocycles. The van der Waals surface area contributed by atoms with Crippen molar-refractivity contribution in [3.8, 4) is 5.75 Å². The first-order chi connectivity index (χ1) is 13.8. The molecule has 8 nitrogen and oxygen atoms in total. The van der Waals surface area contributed by atoms with E-state index in [1.807, 2.05) is 13.8 Å². The number of hydrazone groups is 1. The van der Waals surface area contributed by atoms with Gasteiger partial charge >= 0.3 is 7.12 Å². The van der Waals surface area contributed by atoms with Crippen LogP contribution in [0.1, 0.15) is 31.4 Å². The number of ether oxygens (including phenoxy) is 1. The molecule has 2 aromatic carbocycles. The van der Waals surface area contributed by atoms with E-state index < -0.39 is 17.1 Å². The lowest BCUT2D eigenvalue weighted by molar-refractivity contribution is 0.340. The Balaban J connectivity index is 2.00. The Morgan fingerprint density at radius 3 is 2.66 bits per heavy atom. The lowest BCUT2D eigenvalue weighted by atomic mass is 9.79. The minimum absolute atomic E-state index is 0.105. The molecule has 0 radical (unpaired) electrons. The van der Waals surface area contributed by atoms with Crippen LogP contribution < -0.4 is 10.2 Å². The van der Waals surface area contributed by atoms with E-state index in [0.717, 1.165) is 6.42 Å². The highest BCUT2D eigenvalue weighted by Crippen LogP contribution is 2.28. The van der Waals surface area contributed by atoms with Crippen LogP contribution in [0.2, 0.25) is 0 Å². The number of methoxy groups -OCH3 is 1. The summed E-state index contributed by atoms with van der Waals surface area (Å²) >= 11 is 0. The number of hydrogen-bond acceptors (Lipinski definition) is 7. The molecule has 0 saturated carbocycles. The predicted octanol–water partition coefficient (Wildman–Crippen LogP) is 0.958. The van der Waals surface area contributed by atoms with Gasteiger partial charge in [0.2, 0.25) is 0 Å². The number of sulfonamides is 1. The van der Waals surface area contributed by atoms with Crippen LogP contribution in [0.3, 0.4) is 0 Å². The van der Waals surface area contributed by atoms with Crippen LogP contribution in [-0.4, -0.2) is 55.8 Å². The van der Waals surface area contributed by atoms with E-state index in [0.29, 0.717) is 16.9 Å². The molecule has 1 unspecified atom stereocenters. The maximum atomic E-state index is 12.4. The maximum Gasteiger partial charge on any atom is 0.492 e. The van der Waals surface area contributed by atoms with E-state index >= 15 is 0 Å². The molecule has 3 rings (SSSR count). The van der Waals surface area contributed by atoms with Crippen LogP contribution in [0.4, 0.5) is 0 Å². The van der Waals surface area contributed by atoms with Gasteiger partial charge in [-0.05, 0) is 37.1 Å². The number of amidine groups is 1. The minimum Gasteiger partial charge on any atom is -0.497 e. The van der Waals surface area contributed by atoms with Gasteiger partial charge < -0.3 is 14.8 Å². The first kappa shape index (κ1) is 21.0. The fourth-order valence-electron chi connectivity index (χ4n) is 2.95. The minimum atomic E-state index is -3.75. The Labute approximate surface area is 170 Å². The molecule has 0 saturated heterocycles. The van der Waals surface area contributed by atoms with Crippen LogP contribution in [0.5, 0.6) is 5.75 Å². The normalized spacial score (nSPS) is 15.7. The number of hydrogen-bond donors (Lipinski definition) is 2. The molecule has 2 aromatic rings. The molecule has 0 bridgehead atoms. The van der Waals surface area contributed by atoms with Crippen LogP contribution in [0.15, 0.2) is 56.9 Å². The van der Waals surface area contributed by atoms with Gasteiger partial charge in [-0.3, -0.25) is 0 Å². The number of fused-ring (bicyclic) bond motifs is 1. The van der Waals surface area contributed by atoms with Crippen molar-refractivity contribution in [3.63, 3.8) is 0 Å². The van der Waals surface area contributed by atoms with E-state index in [9.17, 15) is 18.5 Å². The summed E-state index contributed by atoms with van der Waals surface area (Å²) in [4.78, 5) is 0.168. The van der Waals surface area contributed by atoms with E-state index in [2.05, 4.69) is 9.50 Å². The SMILES string of the molecule is CCC(C)N(/N=C/c1ccc(B(O)O)c(OC)c1)C1=NS(=O)(=O)c2ccccc21. The molecule has 0 spiro atoms. The van der Waals surface area contributed by atoms with Crippen molar-refractivity contribution in [2.75, 3.05) is 7.11 Å². The summed E-state index contributed by atoms with van der Waals surface area (Å²) in [6.45, 7) is 3.91. The number of benzene rings is 2. The first-order valence-electron chi connectivity index (χ1n) is 9.10. The molecule has 0 fully saturated rings. The van der Waals surface area contributed by atoms with Gasteiger partial charge in [-0.15, -0.1) is 4.40 Å². The van der Waals surface area contributed by atoms with Gasteiger partial charge in [-0.2, -0.15) is 13.5 Å². The number of rotatable bonds is 6. The van der Waals surface area contributed by atoms with Crippen molar-refractivity contribution in [3.05, 3.63) is 53.6 Å². The Bertz CT molecular complexity index is 1070. The largest absolute Gasteiger partial charge is 0.497 e. The third-order valence-corrected chi connectivity index (χ3v) is 6.03. The average molecular weight is 415 g/mol. The summed E-state index contributed by atoms with van der Waals surface area (Å²) in [5.74, 6) is 0.589. The van der Waals surface area contributed by atoms with Gasteiger partial charge in [0.05, 0.1) is 19.4 Å². The third-order valence-electron chi connectivity index (χ3n) is 4.70. The monoisotopic (exact) mass is 415 g/mol. The molecule has 1 atom stereocenters. The molecule has 1 aliphatic heterocycles. The van der Waals surface area contributed by atoms with Crippen molar-refractivity contribution in [2.45, 2.75) is 31.2 Å². The summed E-state index contributed by atoms with van der Waals surface area (Å²) in [7, 11) is -3.97. The van der Waals surface area contributed by atoms with Gasteiger partial charge in [0, 0.05) is 11.0 Å². The maximum absolute atomic E-state index is 12.4. The second-order valence-electron chi connectivity index (χ2n) is 6.61. The highest BCUT2D eigenvalue weighted by molar-refractivity contribution is 7.90. The summed E-state index contributed by atoms with van der Waals surface area (Å²) in [5.41, 5.74) is 1.40. The van der Waals surface area contributed by atoms with Crippen molar-refractivity contribution >= 4 is 34.7 Å². The van der Waals surface area contributed by atoms with Crippen molar-refractivity contribution in [1.29, 1.82) is 0 Å². The van der Waals surface area contributed by atoms with Crippen LogP contribution in [-0.2, 0) is 10.0 Å². The fraction of sp³-hybridized carbons (Fsp3) is 0.263. The van der Waals surface area contributed by atoms with E-state index in [1.165, 1.54) is 19.2 Å². The van der Waals surface area contributed by atoms with Crippen molar-refractivity contribution < 1.29 is 23.2 Å². The smallest absolute Gasteiger partial charge is 0.492 e. The third kappa shape index (κ3) is 4.19. The highest BCUT2D eigenvalue weighted by atomic mass is 32.2. The van der Waals surface area contributed by atoms with Gasteiger partial charge in [-0.1, -0.05) is 31.2 Å². The molecule has 10 heteroatoms. The Kier molecular flexibility index (Phi) is 6.06. The van der Waals surface area contributed by atoms with E-state index in [1.54, 1.807) is 41.6 Å². The zero-order valence-electron chi connectivity index (χ0n) is 16.3.